The minimum atomic E-state index is 0.297. The van der Waals surface area contributed by atoms with Crippen molar-refractivity contribution in [3.8, 4) is 0 Å². The number of carbonyl (C=O) groups is 1. The molecule has 0 bridgehead atoms. The van der Waals surface area contributed by atoms with Gasteiger partial charge in [-0.05, 0) is 24.8 Å². The zero-order valence-electron chi connectivity index (χ0n) is 10.4. The van der Waals surface area contributed by atoms with Gasteiger partial charge in [-0.15, -0.1) is 0 Å². The first-order valence-electron chi connectivity index (χ1n) is 6.28. The summed E-state index contributed by atoms with van der Waals surface area (Å²) in [5.74, 6) is 0.718. The Morgan fingerprint density at radius 2 is 1.88 bits per heavy atom. The SMILES string of the molecule is CCCCCC(CC(C)=O)c1ccccc1. The second kappa shape index (κ2) is 7.21. The maximum absolute atomic E-state index is 11.3. The molecule has 0 radical (unpaired) electrons. The van der Waals surface area contributed by atoms with Gasteiger partial charge in [-0.3, -0.25) is 0 Å². The van der Waals surface area contributed by atoms with Crippen LogP contribution in [0.5, 0.6) is 0 Å². The Labute approximate surface area is 98.9 Å². The van der Waals surface area contributed by atoms with Crippen LogP contribution in [-0.2, 0) is 4.79 Å². The summed E-state index contributed by atoms with van der Waals surface area (Å²) in [5.41, 5.74) is 1.31. The summed E-state index contributed by atoms with van der Waals surface area (Å²) >= 11 is 0. The maximum atomic E-state index is 11.3. The predicted octanol–water partition coefficient (Wildman–Crippen LogP) is 4.33. The molecule has 16 heavy (non-hydrogen) atoms. The summed E-state index contributed by atoms with van der Waals surface area (Å²) in [4.78, 5) is 11.3. The Morgan fingerprint density at radius 3 is 2.44 bits per heavy atom. The molecule has 0 aliphatic rings. The zero-order valence-corrected chi connectivity index (χ0v) is 10.4. The lowest BCUT2D eigenvalue weighted by Crippen LogP contribution is -2.04. The molecule has 0 fully saturated rings. The molecule has 0 aliphatic carbocycles. The smallest absolute Gasteiger partial charge is 0.130 e. The topological polar surface area (TPSA) is 17.1 Å². The van der Waals surface area contributed by atoms with Gasteiger partial charge < -0.3 is 4.79 Å². The number of unbranched alkanes of at least 4 members (excludes halogenated alkanes) is 2. The fraction of sp³-hybridized carbons (Fsp3) is 0.533. The van der Waals surface area contributed by atoms with E-state index in [1.165, 1.54) is 24.8 Å². The Morgan fingerprint density at radius 1 is 1.19 bits per heavy atom. The number of hydrogen-bond donors (Lipinski definition) is 0. The fourth-order valence-electron chi connectivity index (χ4n) is 2.10. The molecule has 1 aromatic rings. The van der Waals surface area contributed by atoms with Crippen molar-refractivity contribution < 1.29 is 4.79 Å². The average molecular weight is 218 g/mol. The number of carbonyl (C=O) groups excluding carboxylic acids is 1. The van der Waals surface area contributed by atoms with E-state index in [2.05, 4.69) is 31.2 Å². The number of rotatable bonds is 7. The largest absolute Gasteiger partial charge is 0.300 e. The number of Topliss-reactive ketones (excluding diaryl/α,β-unsaturated/α-hetero) is 1. The van der Waals surface area contributed by atoms with E-state index in [9.17, 15) is 4.79 Å². The fourth-order valence-corrected chi connectivity index (χ4v) is 2.10. The van der Waals surface area contributed by atoms with E-state index < -0.39 is 0 Å². The molecule has 0 amide bonds. The van der Waals surface area contributed by atoms with Gasteiger partial charge in [0, 0.05) is 6.42 Å². The molecule has 0 aromatic heterocycles. The minimum absolute atomic E-state index is 0.297. The molecule has 1 aromatic carbocycles. The molecule has 0 spiro atoms. The number of ketones is 1. The highest BCUT2D eigenvalue weighted by Crippen LogP contribution is 2.25. The maximum Gasteiger partial charge on any atom is 0.130 e. The first-order valence-corrected chi connectivity index (χ1v) is 6.28. The van der Waals surface area contributed by atoms with Crippen LogP contribution in [0.1, 0.15) is 57.4 Å². The van der Waals surface area contributed by atoms with Crippen molar-refractivity contribution in [2.24, 2.45) is 0 Å². The Balaban J connectivity index is 2.60. The third-order valence-corrected chi connectivity index (χ3v) is 2.96. The summed E-state index contributed by atoms with van der Waals surface area (Å²) < 4.78 is 0. The predicted molar refractivity (Wildman–Crippen MR) is 68.6 cm³/mol. The van der Waals surface area contributed by atoms with Crippen LogP contribution in [0.15, 0.2) is 30.3 Å². The van der Waals surface area contributed by atoms with Crippen molar-refractivity contribution in [2.75, 3.05) is 0 Å². The molecule has 0 saturated carbocycles. The highest BCUT2D eigenvalue weighted by molar-refractivity contribution is 5.76. The lowest BCUT2D eigenvalue weighted by atomic mass is 9.89. The second-order valence-corrected chi connectivity index (χ2v) is 4.51. The van der Waals surface area contributed by atoms with Crippen molar-refractivity contribution in [2.45, 2.75) is 51.9 Å². The first-order chi connectivity index (χ1) is 7.74. The van der Waals surface area contributed by atoms with Crippen LogP contribution >= 0.6 is 0 Å². The van der Waals surface area contributed by atoms with Gasteiger partial charge >= 0.3 is 0 Å². The normalized spacial score (nSPS) is 12.4. The molecule has 1 atom stereocenters. The minimum Gasteiger partial charge on any atom is -0.300 e. The van der Waals surface area contributed by atoms with Gasteiger partial charge in [-0.25, -0.2) is 0 Å². The highest BCUT2D eigenvalue weighted by Gasteiger charge is 2.12. The molecule has 1 nitrogen and oxygen atoms in total. The Kier molecular flexibility index (Phi) is 5.84. The van der Waals surface area contributed by atoms with Crippen molar-refractivity contribution >= 4 is 5.78 Å². The third kappa shape index (κ3) is 4.61. The summed E-state index contributed by atoms with van der Waals surface area (Å²) in [6.07, 6.45) is 5.55. The molecule has 1 rings (SSSR count). The summed E-state index contributed by atoms with van der Waals surface area (Å²) in [6.45, 7) is 3.90. The van der Waals surface area contributed by atoms with Crippen LogP contribution in [0.2, 0.25) is 0 Å². The Hall–Kier alpha value is -1.11. The average Bonchev–Trinajstić information content (AvgIpc) is 2.29. The highest BCUT2D eigenvalue weighted by atomic mass is 16.1. The molecule has 1 unspecified atom stereocenters. The van der Waals surface area contributed by atoms with Crippen molar-refractivity contribution in [3.63, 3.8) is 0 Å². The van der Waals surface area contributed by atoms with Gasteiger partial charge in [-0.1, -0.05) is 56.5 Å². The van der Waals surface area contributed by atoms with Gasteiger partial charge in [0.1, 0.15) is 5.78 Å². The molecule has 0 N–H and O–H groups in total. The van der Waals surface area contributed by atoms with Crippen LogP contribution < -0.4 is 0 Å². The van der Waals surface area contributed by atoms with Crippen LogP contribution in [-0.4, -0.2) is 5.78 Å². The van der Waals surface area contributed by atoms with Crippen molar-refractivity contribution in [1.82, 2.24) is 0 Å². The summed E-state index contributed by atoms with van der Waals surface area (Å²) in [7, 11) is 0. The second-order valence-electron chi connectivity index (χ2n) is 4.51. The number of benzene rings is 1. The molecular weight excluding hydrogens is 196 g/mol. The molecule has 0 saturated heterocycles. The van der Waals surface area contributed by atoms with Crippen LogP contribution in [0.25, 0.3) is 0 Å². The summed E-state index contributed by atoms with van der Waals surface area (Å²) in [5, 5.41) is 0. The van der Waals surface area contributed by atoms with Gasteiger partial charge in [-0.2, -0.15) is 0 Å². The van der Waals surface area contributed by atoms with Crippen LogP contribution in [0, 0.1) is 0 Å². The lowest BCUT2D eigenvalue weighted by molar-refractivity contribution is -0.117. The Bertz CT molecular complexity index is 302. The van der Waals surface area contributed by atoms with Crippen molar-refractivity contribution in [3.05, 3.63) is 35.9 Å². The quantitative estimate of drug-likeness (QED) is 0.622. The first kappa shape index (κ1) is 13.0. The standard InChI is InChI=1S/C15H22O/c1-3-4-6-11-15(12-13(2)16)14-9-7-5-8-10-14/h5,7-10,15H,3-4,6,11-12H2,1-2H3. The van der Waals surface area contributed by atoms with E-state index in [0.717, 1.165) is 6.42 Å². The van der Waals surface area contributed by atoms with Gasteiger partial charge in [0.25, 0.3) is 0 Å². The zero-order chi connectivity index (χ0) is 11.8. The lowest BCUT2D eigenvalue weighted by Gasteiger charge is -2.15. The van der Waals surface area contributed by atoms with Gasteiger partial charge in [0.15, 0.2) is 0 Å². The van der Waals surface area contributed by atoms with Crippen LogP contribution in [0.4, 0.5) is 0 Å². The van der Waals surface area contributed by atoms with E-state index in [0.29, 0.717) is 18.1 Å². The molecule has 1 heteroatoms. The molecule has 88 valence electrons. The number of hydrogen-bond acceptors (Lipinski definition) is 1. The van der Waals surface area contributed by atoms with E-state index >= 15 is 0 Å². The van der Waals surface area contributed by atoms with Crippen LogP contribution in [0.3, 0.4) is 0 Å². The summed E-state index contributed by atoms with van der Waals surface area (Å²) in [6, 6.07) is 10.4. The van der Waals surface area contributed by atoms with E-state index in [-0.39, 0.29) is 0 Å². The van der Waals surface area contributed by atoms with E-state index in [1.807, 2.05) is 6.07 Å². The van der Waals surface area contributed by atoms with E-state index in [1.54, 1.807) is 6.92 Å². The van der Waals surface area contributed by atoms with E-state index in [4.69, 9.17) is 0 Å². The molecule has 0 heterocycles. The monoisotopic (exact) mass is 218 g/mol. The molecular formula is C15H22O. The van der Waals surface area contributed by atoms with Gasteiger partial charge in [0.05, 0.1) is 0 Å². The third-order valence-electron chi connectivity index (χ3n) is 2.96. The van der Waals surface area contributed by atoms with Crippen molar-refractivity contribution in [1.29, 1.82) is 0 Å². The molecule has 0 aliphatic heterocycles. The van der Waals surface area contributed by atoms with Gasteiger partial charge in [0.2, 0.25) is 0 Å².